The third-order valence-corrected chi connectivity index (χ3v) is 6.41. The minimum atomic E-state index is 0.369. The number of quaternary nitrogens is 1. The summed E-state index contributed by atoms with van der Waals surface area (Å²) in [6.07, 6.45) is 8.09. The van der Waals surface area contributed by atoms with Crippen molar-refractivity contribution in [2.24, 2.45) is 17.8 Å². The van der Waals surface area contributed by atoms with Crippen LogP contribution in [0.15, 0.2) is 0 Å². The molecule has 2 heterocycles. The van der Waals surface area contributed by atoms with Gasteiger partial charge in [0.1, 0.15) is 12.7 Å². The maximum atomic E-state index is 12.7. The smallest absolute Gasteiger partial charge is 0.189 e. The zero-order chi connectivity index (χ0) is 15.0. The number of nitrogens with one attached hydrogen (secondary N) is 1. The maximum absolute atomic E-state index is 12.7. The summed E-state index contributed by atoms with van der Waals surface area (Å²) >= 11 is 0. The molecule has 0 radical (unpaired) electrons. The van der Waals surface area contributed by atoms with Crippen LogP contribution in [0.3, 0.4) is 0 Å². The van der Waals surface area contributed by atoms with Crippen molar-refractivity contribution >= 4 is 5.78 Å². The highest BCUT2D eigenvalue weighted by molar-refractivity contribution is 5.82. The van der Waals surface area contributed by atoms with Crippen molar-refractivity contribution in [1.29, 1.82) is 0 Å². The third kappa shape index (κ3) is 3.19. The average molecular weight is 293 g/mol. The topological polar surface area (TPSA) is 24.8 Å². The minimum absolute atomic E-state index is 0.369. The fraction of sp³-hybridized carbons (Fsp3) is 0.944. The van der Waals surface area contributed by atoms with E-state index in [0.29, 0.717) is 23.9 Å². The first-order valence-electron chi connectivity index (χ1n) is 9.18. The van der Waals surface area contributed by atoms with Crippen LogP contribution >= 0.6 is 0 Å². The first-order chi connectivity index (χ1) is 10.1. The van der Waals surface area contributed by atoms with E-state index in [1.165, 1.54) is 38.8 Å². The Morgan fingerprint density at radius 3 is 2.52 bits per heavy atom. The SMILES string of the molecule is CC1CCC(C(=O)C[NH+]2C(C)CN3CCCC(C)C32)CC1. The lowest BCUT2D eigenvalue weighted by atomic mass is 9.80. The molecule has 3 fully saturated rings. The fourth-order valence-corrected chi connectivity index (χ4v) is 5.04. The van der Waals surface area contributed by atoms with Gasteiger partial charge in [-0.05, 0) is 38.5 Å². The highest BCUT2D eigenvalue weighted by atomic mass is 16.1. The lowest BCUT2D eigenvalue weighted by Gasteiger charge is -2.36. The second kappa shape index (κ2) is 6.37. The summed E-state index contributed by atoms with van der Waals surface area (Å²) in [4.78, 5) is 17.0. The second-order valence-electron chi connectivity index (χ2n) is 8.14. The molecule has 0 aromatic carbocycles. The van der Waals surface area contributed by atoms with Gasteiger partial charge in [0.05, 0.1) is 12.6 Å². The summed E-state index contributed by atoms with van der Waals surface area (Å²) in [5.41, 5.74) is 0. The van der Waals surface area contributed by atoms with Gasteiger partial charge in [-0.15, -0.1) is 0 Å². The number of rotatable bonds is 3. The molecule has 0 aromatic rings. The Balaban J connectivity index is 1.61. The van der Waals surface area contributed by atoms with Crippen molar-refractivity contribution in [3.05, 3.63) is 0 Å². The van der Waals surface area contributed by atoms with Gasteiger partial charge < -0.3 is 4.90 Å². The average Bonchev–Trinajstić information content (AvgIpc) is 2.77. The van der Waals surface area contributed by atoms with Crippen LogP contribution in [0.25, 0.3) is 0 Å². The number of ketones is 1. The molecule has 0 spiro atoms. The van der Waals surface area contributed by atoms with E-state index >= 15 is 0 Å². The van der Waals surface area contributed by atoms with Crippen LogP contribution in [-0.4, -0.2) is 42.5 Å². The van der Waals surface area contributed by atoms with E-state index in [1.54, 1.807) is 4.90 Å². The molecule has 1 aliphatic carbocycles. The van der Waals surface area contributed by atoms with Crippen molar-refractivity contribution in [2.75, 3.05) is 19.6 Å². The van der Waals surface area contributed by atoms with E-state index in [2.05, 4.69) is 25.7 Å². The molecule has 3 nitrogen and oxygen atoms in total. The number of carbonyl (C=O) groups excluding carboxylic acids is 1. The number of carbonyl (C=O) groups is 1. The zero-order valence-electron chi connectivity index (χ0n) is 14.1. The molecule has 120 valence electrons. The minimum Gasteiger partial charge on any atom is -0.310 e. The Morgan fingerprint density at radius 2 is 1.81 bits per heavy atom. The number of hydrogen-bond acceptors (Lipinski definition) is 2. The number of fused-ring (bicyclic) bond motifs is 1. The molecule has 4 atom stereocenters. The van der Waals surface area contributed by atoms with E-state index < -0.39 is 0 Å². The second-order valence-corrected chi connectivity index (χ2v) is 8.14. The lowest BCUT2D eigenvalue weighted by molar-refractivity contribution is -0.936. The van der Waals surface area contributed by atoms with Gasteiger partial charge in [0.2, 0.25) is 0 Å². The molecular weight excluding hydrogens is 260 g/mol. The molecule has 0 aromatic heterocycles. The molecule has 1 saturated carbocycles. The summed E-state index contributed by atoms with van der Waals surface area (Å²) in [5, 5.41) is 0. The van der Waals surface area contributed by atoms with Gasteiger partial charge in [-0.1, -0.05) is 26.7 Å². The molecule has 3 rings (SSSR count). The molecule has 1 N–H and O–H groups in total. The Hall–Kier alpha value is -0.410. The van der Waals surface area contributed by atoms with Gasteiger partial charge in [-0.2, -0.15) is 0 Å². The largest absolute Gasteiger partial charge is 0.310 e. The molecule has 0 bridgehead atoms. The van der Waals surface area contributed by atoms with E-state index in [0.717, 1.165) is 31.2 Å². The van der Waals surface area contributed by atoms with E-state index in [9.17, 15) is 4.79 Å². The van der Waals surface area contributed by atoms with Crippen molar-refractivity contribution < 1.29 is 9.69 Å². The van der Waals surface area contributed by atoms with Crippen LogP contribution < -0.4 is 4.90 Å². The Labute approximate surface area is 130 Å². The molecule has 0 amide bonds. The van der Waals surface area contributed by atoms with E-state index in [-0.39, 0.29) is 0 Å². The third-order valence-electron chi connectivity index (χ3n) is 6.41. The van der Waals surface area contributed by atoms with Gasteiger partial charge in [0.25, 0.3) is 0 Å². The van der Waals surface area contributed by atoms with Gasteiger partial charge in [-0.3, -0.25) is 4.79 Å². The summed E-state index contributed by atoms with van der Waals surface area (Å²) < 4.78 is 0. The van der Waals surface area contributed by atoms with Crippen LogP contribution in [0.1, 0.15) is 59.3 Å². The van der Waals surface area contributed by atoms with Crippen LogP contribution in [0.2, 0.25) is 0 Å². The Kier molecular flexibility index (Phi) is 4.70. The number of Topliss-reactive ketones (excluding diaryl/α,β-unsaturated/α-hetero) is 1. The van der Waals surface area contributed by atoms with Gasteiger partial charge in [0.15, 0.2) is 5.78 Å². The molecule has 2 saturated heterocycles. The number of nitrogens with zero attached hydrogens (tertiary/aromatic N) is 1. The highest BCUT2D eigenvalue weighted by Crippen LogP contribution is 2.29. The molecule has 21 heavy (non-hydrogen) atoms. The van der Waals surface area contributed by atoms with Crippen LogP contribution in [-0.2, 0) is 4.79 Å². The van der Waals surface area contributed by atoms with Crippen molar-refractivity contribution in [3.8, 4) is 0 Å². The van der Waals surface area contributed by atoms with Gasteiger partial charge in [0, 0.05) is 18.4 Å². The summed E-state index contributed by atoms with van der Waals surface area (Å²) in [5.74, 6) is 2.51. The van der Waals surface area contributed by atoms with E-state index in [1.807, 2.05) is 0 Å². The molecular formula is C18H33N2O+. The van der Waals surface area contributed by atoms with Gasteiger partial charge >= 0.3 is 0 Å². The quantitative estimate of drug-likeness (QED) is 0.857. The number of hydrogen-bond donors (Lipinski definition) is 1. The summed E-state index contributed by atoms with van der Waals surface area (Å²) in [6.45, 7) is 10.3. The zero-order valence-corrected chi connectivity index (χ0v) is 14.1. The lowest BCUT2D eigenvalue weighted by Crippen LogP contribution is -3.19. The van der Waals surface area contributed by atoms with Crippen LogP contribution in [0.5, 0.6) is 0 Å². The fourth-order valence-electron chi connectivity index (χ4n) is 5.04. The highest BCUT2D eigenvalue weighted by Gasteiger charge is 2.46. The normalized spacial score (nSPS) is 44.5. The van der Waals surface area contributed by atoms with Crippen LogP contribution in [0, 0.1) is 17.8 Å². The number of piperidine rings is 1. The maximum Gasteiger partial charge on any atom is 0.189 e. The van der Waals surface area contributed by atoms with Crippen LogP contribution in [0.4, 0.5) is 0 Å². The predicted molar refractivity (Wildman–Crippen MR) is 85.2 cm³/mol. The summed E-state index contributed by atoms with van der Waals surface area (Å²) in [7, 11) is 0. The Morgan fingerprint density at radius 1 is 1.10 bits per heavy atom. The molecule has 2 aliphatic heterocycles. The van der Waals surface area contributed by atoms with Crippen molar-refractivity contribution in [1.82, 2.24) is 4.90 Å². The predicted octanol–water partition coefficient (Wildman–Crippen LogP) is 1.73. The first-order valence-corrected chi connectivity index (χ1v) is 9.18. The van der Waals surface area contributed by atoms with Gasteiger partial charge in [-0.25, -0.2) is 4.90 Å². The monoisotopic (exact) mass is 293 g/mol. The Bertz CT molecular complexity index is 375. The van der Waals surface area contributed by atoms with E-state index in [4.69, 9.17) is 0 Å². The van der Waals surface area contributed by atoms with Crippen molar-refractivity contribution in [2.45, 2.75) is 71.5 Å². The molecule has 3 heteroatoms. The summed E-state index contributed by atoms with van der Waals surface area (Å²) in [6, 6.07) is 0.627. The first kappa shape index (κ1) is 15.5. The van der Waals surface area contributed by atoms with Crippen molar-refractivity contribution in [3.63, 3.8) is 0 Å². The molecule has 3 aliphatic rings. The standard InChI is InChI=1S/C18H32N2O/c1-13-6-8-16(9-7-13)17(21)12-20-15(3)11-19-10-4-5-14(2)18(19)20/h13-16,18H,4-12H2,1-3H3/p+1. The molecule has 4 unspecified atom stereocenters.